The van der Waals surface area contributed by atoms with Crippen LogP contribution in [0.4, 0.5) is 4.39 Å². The van der Waals surface area contributed by atoms with Gasteiger partial charge in [0.15, 0.2) is 0 Å². The average molecular weight is 238 g/mol. The fourth-order valence-electron chi connectivity index (χ4n) is 1.27. The first-order valence-electron chi connectivity index (χ1n) is 4.81. The molecule has 1 rings (SSSR count). The van der Waals surface area contributed by atoms with Crippen LogP contribution >= 0.6 is 0 Å². The number of carbonyl (C=O) groups excluding carboxylic acids is 1. The maximum atomic E-state index is 13.2. The van der Waals surface area contributed by atoms with Crippen molar-refractivity contribution in [3.63, 3.8) is 0 Å². The van der Waals surface area contributed by atoms with Crippen molar-refractivity contribution < 1.29 is 23.8 Å². The molecule has 1 aromatic carbocycles. The highest BCUT2D eigenvalue weighted by atomic mass is 19.1. The van der Waals surface area contributed by atoms with Gasteiger partial charge in [0.1, 0.15) is 11.4 Å². The maximum absolute atomic E-state index is 13.2. The van der Waals surface area contributed by atoms with Crippen molar-refractivity contribution in [1.82, 2.24) is 0 Å². The number of methoxy groups -OCH3 is 1. The second-order valence-corrected chi connectivity index (χ2v) is 3.19. The predicted molar refractivity (Wildman–Crippen MR) is 59.0 cm³/mol. The van der Waals surface area contributed by atoms with Crippen LogP contribution in [0.3, 0.4) is 0 Å². The lowest BCUT2D eigenvalue weighted by Crippen LogP contribution is -2.03. The third-order valence-electron chi connectivity index (χ3n) is 2.07. The number of carboxylic acids is 1. The molecule has 1 aromatic rings. The lowest BCUT2D eigenvalue weighted by Gasteiger charge is -2.01. The summed E-state index contributed by atoms with van der Waals surface area (Å²) in [6.07, 6.45) is 2.81. The Bertz CT molecular complexity index is 466. The summed E-state index contributed by atoms with van der Waals surface area (Å²) in [5.41, 5.74) is -0.199. The van der Waals surface area contributed by atoms with Crippen LogP contribution in [0.15, 0.2) is 24.3 Å². The number of carboxylic acid groups (broad SMARTS) is 1. The molecule has 0 aliphatic heterocycles. The van der Waals surface area contributed by atoms with Crippen molar-refractivity contribution >= 4 is 18.0 Å². The van der Waals surface area contributed by atoms with Crippen molar-refractivity contribution in [2.24, 2.45) is 0 Å². The van der Waals surface area contributed by atoms with Crippen LogP contribution in [0.25, 0.3) is 6.08 Å². The molecule has 90 valence electrons. The number of benzene rings is 1. The topological polar surface area (TPSA) is 63.6 Å². The Hall–Kier alpha value is -2.17. The van der Waals surface area contributed by atoms with Gasteiger partial charge in [-0.25, -0.2) is 9.18 Å². The van der Waals surface area contributed by atoms with Gasteiger partial charge in [-0.05, 0) is 11.6 Å². The van der Waals surface area contributed by atoms with E-state index in [2.05, 4.69) is 4.74 Å². The molecule has 1 N–H and O–H groups in total. The van der Waals surface area contributed by atoms with Crippen molar-refractivity contribution in [1.29, 1.82) is 0 Å². The molecular weight excluding hydrogens is 227 g/mol. The molecule has 0 saturated carbocycles. The van der Waals surface area contributed by atoms with E-state index in [1.807, 2.05) is 0 Å². The Labute approximate surface area is 97.3 Å². The summed E-state index contributed by atoms with van der Waals surface area (Å²) in [4.78, 5) is 21.7. The van der Waals surface area contributed by atoms with Gasteiger partial charge in [-0.1, -0.05) is 24.3 Å². The molecule has 0 aliphatic carbocycles. The van der Waals surface area contributed by atoms with E-state index in [4.69, 9.17) is 5.11 Å². The third kappa shape index (κ3) is 3.41. The van der Waals surface area contributed by atoms with Crippen LogP contribution in [-0.4, -0.2) is 24.2 Å². The first-order valence-corrected chi connectivity index (χ1v) is 4.81. The molecule has 0 aromatic heterocycles. The van der Waals surface area contributed by atoms with Crippen LogP contribution in [0.1, 0.15) is 22.3 Å². The molecule has 0 fully saturated rings. The van der Waals surface area contributed by atoms with Gasteiger partial charge in [0, 0.05) is 0 Å². The van der Waals surface area contributed by atoms with Gasteiger partial charge in [-0.15, -0.1) is 0 Å². The van der Waals surface area contributed by atoms with E-state index in [1.165, 1.54) is 31.4 Å². The van der Waals surface area contributed by atoms with Gasteiger partial charge in [0.2, 0.25) is 0 Å². The quantitative estimate of drug-likeness (QED) is 0.816. The van der Waals surface area contributed by atoms with Gasteiger partial charge >= 0.3 is 11.9 Å². The monoisotopic (exact) mass is 238 g/mol. The average Bonchev–Trinajstić information content (AvgIpc) is 2.28. The number of ether oxygens (including phenoxy) is 1. The Kier molecular flexibility index (Phi) is 4.39. The minimum Gasteiger partial charge on any atom is -0.478 e. The van der Waals surface area contributed by atoms with Gasteiger partial charge in [-0.2, -0.15) is 0 Å². The molecule has 0 spiro atoms. The molecule has 5 heteroatoms. The minimum atomic E-state index is -1.35. The number of rotatable bonds is 4. The van der Waals surface area contributed by atoms with Gasteiger partial charge in [0.25, 0.3) is 0 Å². The molecule has 0 unspecified atom stereocenters. The molecule has 0 bridgehead atoms. The Morgan fingerprint density at radius 3 is 2.76 bits per heavy atom. The smallest absolute Gasteiger partial charge is 0.339 e. The SMILES string of the molecule is COC(=O)CC=Cc1cccc(F)c1C(=O)O. The number of hydrogen-bond donors (Lipinski definition) is 1. The van der Waals surface area contributed by atoms with Gasteiger partial charge in [0.05, 0.1) is 13.5 Å². The summed E-state index contributed by atoms with van der Waals surface area (Å²) in [6, 6.07) is 3.93. The first kappa shape index (κ1) is 12.9. The molecular formula is C12H11FO4. The fourth-order valence-corrected chi connectivity index (χ4v) is 1.27. The van der Waals surface area contributed by atoms with Crippen LogP contribution in [0.5, 0.6) is 0 Å². The maximum Gasteiger partial charge on any atom is 0.339 e. The lowest BCUT2D eigenvalue weighted by molar-refractivity contribution is -0.139. The minimum absolute atomic E-state index is 0.00602. The van der Waals surface area contributed by atoms with E-state index in [-0.39, 0.29) is 12.0 Å². The second kappa shape index (κ2) is 5.79. The van der Waals surface area contributed by atoms with Gasteiger partial charge in [-0.3, -0.25) is 4.79 Å². The summed E-state index contributed by atoms with van der Waals surface area (Å²) < 4.78 is 17.7. The van der Waals surface area contributed by atoms with Crippen LogP contribution in [-0.2, 0) is 9.53 Å². The predicted octanol–water partition coefficient (Wildman–Crippen LogP) is 2.10. The Balaban J connectivity index is 2.95. The number of halogens is 1. The van der Waals surface area contributed by atoms with Crippen LogP contribution in [0.2, 0.25) is 0 Å². The number of hydrogen-bond acceptors (Lipinski definition) is 3. The van der Waals surface area contributed by atoms with Crippen molar-refractivity contribution in [3.05, 3.63) is 41.2 Å². The van der Waals surface area contributed by atoms with Crippen molar-refractivity contribution in [2.75, 3.05) is 7.11 Å². The van der Waals surface area contributed by atoms with Gasteiger partial charge < -0.3 is 9.84 Å². The molecule has 0 aliphatic rings. The summed E-state index contributed by atoms with van der Waals surface area (Å²) in [6.45, 7) is 0. The third-order valence-corrected chi connectivity index (χ3v) is 2.07. The van der Waals surface area contributed by atoms with Crippen molar-refractivity contribution in [3.8, 4) is 0 Å². The lowest BCUT2D eigenvalue weighted by atomic mass is 10.1. The zero-order chi connectivity index (χ0) is 12.8. The highest BCUT2D eigenvalue weighted by Crippen LogP contribution is 2.15. The molecule has 0 amide bonds. The summed E-state index contributed by atoms with van der Waals surface area (Å²) in [5.74, 6) is -2.60. The highest BCUT2D eigenvalue weighted by molar-refractivity contribution is 5.92. The molecule has 0 saturated heterocycles. The van der Waals surface area contributed by atoms with E-state index in [0.29, 0.717) is 0 Å². The molecule has 0 atom stereocenters. The molecule has 0 heterocycles. The van der Waals surface area contributed by atoms with E-state index in [0.717, 1.165) is 6.07 Å². The largest absolute Gasteiger partial charge is 0.478 e. The summed E-state index contributed by atoms with van der Waals surface area (Å²) in [5, 5.41) is 8.84. The number of carbonyl (C=O) groups is 2. The highest BCUT2D eigenvalue weighted by Gasteiger charge is 2.13. The van der Waals surface area contributed by atoms with E-state index < -0.39 is 23.3 Å². The molecule has 17 heavy (non-hydrogen) atoms. The van der Waals surface area contributed by atoms with Crippen LogP contribution < -0.4 is 0 Å². The standard InChI is InChI=1S/C12H11FO4/c1-17-10(14)7-3-5-8-4-2-6-9(13)11(8)12(15)16/h2-6H,7H2,1H3,(H,15,16). The zero-order valence-corrected chi connectivity index (χ0v) is 9.14. The zero-order valence-electron chi connectivity index (χ0n) is 9.14. The summed E-state index contributed by atoms with van der Waals surface area (Å²) >= 11 is 0. The van der Waals surface area contributed by atoms with E-state index >= 15 is 0 Å². The Morgan fingerprint density at radius 2 is 2.18 bits per heavy atom. The fraction of sp³-hybridized carbons (Fsp3) is 0.167. The first-order chi connectivity index (χ1) is 8.06. The van der Waals surface area contributed by atoms with Crippen molar-refractivity contribution in [2.45, 2.75) is 6.42 Å². The van der Waals surface area contributed by atoms with Crippen LogP contribution in [0, 0.1) is 5.82 Å². The van der Waals surface area contributed by atoms with E-state index in [1.54, 1.807) is 0 Å². The number of aromatic carboxylic acids is 1. The Morgan fingerprint density at radius 1 is 1.47 bits per heavy atom. The number of esters is 1. The second-order valence-electron chi connectivity index (χ2n) is 3.19. The molecule has 0 radical (unpaired) electrons. The van der Waals surface area contributed by atoms with E-state index in [9.17, 15) is 14.0 Å². The summed E-state index contributed by atoms with van der Waals surface area (Å²) in [7, 11) is 1.25. The molecule has 4 nitrogen and oxygen atoms in total. The normalized spacial score (nSPS) is 10.5.